The quantitative estimate of drug-likeness (QED) is 0.230. The SMILES string of the molecule is CC[C@H](C(=O)NC1CCCCC1)N(Cc1ccc(Cl)c(Cl)c1)C(=O)CN(c1ccc(Br)cc1)S(=O)(=O)c1ccccc1. The van der Waals surface area contributed by atoms with E-state index in [-0.39, 0.29) is 23.4 Å². The van der Waals surface area contributed by atoms with Gasteiger partial charge in [0.1, 0.15) is 12.6 Å². The third-order valence-corrected chi connectivity index (χ3v) is 10.5. The van der Waals surface area contributed by atoms with E-state index < -0.39 is 28.5 Å². The van der Waals surface area contributed by atoms with Gasteiger partial charge in [0.2, 0.25) is 11.8 Å². The molecule has 0 radical (unpaired) electrons. The van der Waals surface area contributed by atoms with Crippen molar-refractivity contribution in [3.63, 3.8) is 0 Å². The van der Waals surface area contributed by atoms with Crippen LogP contribution in [0, 0.1) is 0 Å². The predicted molar refractivity (Wildman–Crippen MR) is 171 cm³/mol. The Hall–Kier alpha value is -2.59. The van der Waals surface area contributed by atoms with Crippen molar-refractivity contribution < 1.29 is 18.0 Å². The van der Waals surface area contributed by atoms with Gasteiger partial charge >= 0.3 is 0 Å². The molecule has 0 spiro atoms. The van der Waals surface area contributed by atoms with Gasteiger partial charge in [-0.05, 0) is 73.4 Å². The number of benzene rings is 3. The van der Waals surface area contributed by atoms with E-state index in [0.717, 1.165) is 40.9 Å². The lowest BCUT2D eigenvalue weighted by molar-refractivity contribution is -0.140. The van der Waals surface area contributed by atoms with Gasteiger partial charge in [0, 0.05) is 17.1 Å². The maximum Gasteiger partial charge on any atom is 0.264 e. The number of amides is 2. The van der Waals surface area contributed by atoms with Crippen LogP contribution in [-0.2, 0) is 26.2 Å². The summed E-state index contributed by atoms with van der Waals surface area (Å²) in [4.78, 5) is 29.3. The fraction of sp³-hybridized carbons (Fsp3) is 0.355. The van der Waals surface area contributed by atoms with Gasteiger partial charge in [0.05, 0.1) is 20.6 Å². The minimum absolute atomic E-state index is 0.0475. The van der Waals surface area contributed by atoms with Gasteiger partial charge in [-0.3, -0.25) is 13.9 Å². The Labute approximate surface area is 266 Å². The maximum atomic E-state index is 14.2. The summed E-state index contributed by atoms with van der Waals surface area (Å²) in [6.45, 7) is 1.38. The molecule has 0 unspecified atom stereocenters. The van der Waals surface area contributed by atoms with Crippen LogP contribution in [0.3, 0.4) is 0 Å². The van der Waals surface area contributed by atoms with E-state index in [9.17, 15) is 18.0 Å². The van der Waals surface area contributed by atoms with E-state index in [0.29, 0.717) is 27.7 Å². The van der Waals surface area contributed by atoms with E-state index in [1.165, 1.54) is 17.0 Å². The normalized spacial score (nSPS) is 14.7. The Bertz CT molecular complexity index is 1480. The molecule has 1 fully saturated rings. The molecular formula is C31H34BrCl2N3O4S. The Morgan fingerprint density at radius 1 is 0.952 bits per heavy atom. The molecule has 0 aromatic heterocycles. The molecule has 0 saturated heterocycles. The van der Waals surface area contributed by atoms with Gasteiger partial charge < -0.3 is 10.2 Å². The van der Waals surface area contributed by atoms with Gasteiger partial charge in [0.15, 0.2) is 0 Å². The van der Waals surface area contributed by atoms with Crippen molar-refractivity contribution >= 4 is 66.7 Å². The zero-order chi connectivity index (χ0) is 30.3. The van der Waals surface area contributed by atoms with E-state index in [4.69, 9.17) is 23.2 Å². The zero-order valence-corrected chi connectivity index (χ0v) is 27.2. The number of rotatable bonds is 11. The van der Waals surface area contributed by atoms with Crippen molar-refractivity contribution in [2.75, 3.05) is 10.8 Å². The standard InChI is InChI=1S/C31H34BrCl2N3O4S/c1-2-29(31(39)35-24-9-5-3-6-10-24)36(20-22-13-18-27(33)28(34)19-22)30(38)21-37(25-16-14-23(32)15-17-25)42(40,41)26-11-7-4-8-12-26/h4,7-8,11-19,24,29H,2-3,5-6,9-10,20-21H2,1H3,(H,35,39)/t29-/m1/s1. The molecule has 3 aromatic carbocycles. The van der Waals surface area contributed by atoms with Crippen LogP contribution in [-0.4, -0.2) is 43.8 Å². The Balaban J connectivity index is 1.70. The van der Waals surface area contributed by atoms with Crippen LogP contribution >= 0.6 is 39.1 Å². The molecule has 7 nitrogen and oxygen atoms in total. The lowest BCUT2D eigenvalue weighted by atomic mass is 9.95. The molecule has 0 aliphatic heterocycles. The first-order valence-electron chi connectivity index (χ1n) is 14.0. The second-order valence-corrected chi connectivity index (χ2v) is 13.9. The molecular weight excluding hydrogens is 661 g/mol. The van der Waals surface area contributed by atoms with E-state index >= 15 is 0 Å². The second-order valence-electron chi connectivity index (χ2n) is 10.3. The predicted octanol–water partition coefficient (Wildman–Crippen LogP) is 7.21. The largest absolute Gasteiger partial charge is 0.352 e. The van der Waals surface area contributed by atoms with Crippen LogP contribution in [0.1, 0.15) is 51.0 Å². The van der Waals surface area contributed by atoms with Gasteiger partial charge in [-0.1, -0.05) is 89.6 Å². The molecule has 2 amide bonds. The summed E-state index contributed by atoms with van der Waals surface area (Å²) in [5.41, 5.74) is 0.993. The molecule has 224 valence electrons. The van der Waals surface area contributed by atoms with Gasteiger partial charge in [-0.2, -0.15) is 0 Å². The van der Waals surface area contributed by atoms with Gasteiger partial charge in [-0.25, -0.2) is 8.42 Å². The fourth-order valence-electron chi connectivity index (χ4n) is 5.15. The van der Waals surface area contributed by atoms with Crippen molar-refractivity contribution in [3.05, 3.63) is 92.9 Å². The maximum absolute atomic E-state index is 14.2. The summed E-state index contributed by atoms with van der Waals surface area (Å²) in [6.07, 6.45) is 5.38. The topological polar surface area (TPSA) is 86.8 Å². The summed E-state index contributed by atoms with van der Waals surface area (Å²) >= 11 is 15.8. The summed E-state index contributed by atoms with van der Waals surface area (Å²) in [5, 5.41) is 3.84. The number of nitrogens with zero attached hydrogens (tertiary/aromatic N) is 2. The van der Waals surface area contributed by atoms with Crippen molar-refractivity contribution in [2.45, 2.75) is 69.0 Å². The summed E-state index contributed by atoms with van der Waals surface area (Å²) in [5.74, 6) is -0.770. The van der Waals surface area contributed by atoms with Gasteiger partial charge in [0.25, 0.3) is 10.0 Å². The number of nitrogens with one attached hydrogen (secondary N) is 1. The molecule has 4 rings (SSSR count). The van der Waals surface area contributed by atoms with Crippen molar-refractivity contribution in [2.24, 2.45) is 0 Å². The Kier molecular flexibility index (Phi) is 11.3. The first-order valence-corrected chi connectivity index (χ1v) is 17.0. The molecule has 3 aromatic rings. The van der Waals surface area contributed by atoms with Crippen LogP contribution in [0.4, 0.5) is 5.69 Å². The van der Waals surface area contributed by atoms with E-state index in [1.807, 2.05) is 6.92 Å². The molecule has 11 heteroatoms. The fourth-order valence-corrected chi connectivity index (χ4v) is 7.17. The highest BCUT2D eigenvalue weighted by Gasteiger charge is 2.34. The van der Waals surface area contributed by atoms with Crippen molar-refractivity contribution in [1.29, 1.82) is 0 Å². The van der Waals surface area contributed by atoms with Gasteiger partial charge in [-0.15, -0.1) is 0 Å². The van der Waals surface area contributed by atoms with Crippen LogP contribution in [0.25, 0.3) is 0 Å². The average Bonchev–Trinajstić information content (AvgIpc) is 2.99. The third-order valence-electron chi connectivity index (χ3n) is 7.40. The highest BCUT2D eigenvalue weighted by atomic mass is 79.9. The number of carbonyl (C=O) groups is 2. The minimum Gasteiger partial charge on any atom is -0.352 e. The van der Waals surface area contributed by atoms with E-state index in [1.54, 1.807) is 60.7 Å². The minimum atomic E-state index is -4.12. The summed E-state index contributed by atoms with van der Waals surface area (Å²) in [6, 6.07) is 18.9. The molecule has 1 saturated carbocycles. The number of anilines is 1. The number of halogens is 3. The molecule has 0 heterocycles. The Morgan fingerprint density at radius 3 is 2.24 bits per heavy atom. The highest BCUT2D eigenvalue weighted by molar-refractivity contribution is 9.10. The lowest BCUT2D eigenvalue weighted by Gasteiger charge is -2.34. The van der Waals surface area contributed by atoms with E-state index in [2.05, 4.69) is 21.2 Å². The molecule has 0 bridgehead atoms. The molecule has 1 aliphatic rings. The number of hydrogen-bond donors (Lipinski definition) is 1. The summed E-state index contributed by atoms with van der Waals surface area (Å²) < 4.78 is 29.6. The third kappa shape index (κ3) is 8.07. The monoisotopic (exact) mass is 693 g/mol. The van der Waals surface area contributed by atoms with Crippen molar-refractivity contribution in [3.8, 4) is 0 Å². The van der Waals surface area contributed by atoms with Crippen LogP contribution in [0.2, 0.25) is 10.0 Å². The zero-order valence-electron chi connectivity index (χ0n) is 23.3. The van der Waals surface area contributed by atoms with Crippen LogP contribution < -0.4 is 9.62 Å². The number of sulfonamides is 1. The molecule has 1 aliphatic carbocycles. The molecule has 42 heavy (non-hydrogen) atoms. The smallest absolute Gasteiger partial charge is 0.264 e. The van der Waals surface area contributed by atoms with Crippen molar-refractivity contribution in [1.82, 2.24) is 10.2 Å². The number of hydrogen-bond acceptors (Lipinski definition) is 4. The molecule has 1 N–H and O–H groups in total. The average molecular weight is 696 g/mol. The molecule has 1 atom stereocenters. The lowest BCUT2D eigenvalue weighted by Crippen LogP contribution is -2.54. The summed E-state index contributed by atoms with van der Waals surface area (Å²) in [7, 11) is -4.12. The van der Waals surface area contributed by atoms with Crippen LogP contribution in [0.15, 0.2) is 82.2 Å². The second kappa shape index (κ2) is 14.7. The highest BCUT2D eigenvalue weighted by Crippen LogP contribution is 2.28. The Morgan fingerprint density at radius 2 is 1.62 bits per heavy atom. The first-order chi connectivity index (χ1) is 20.1. The number of carbonyl (C=O) groups excluding carboxylic acids is 2. The first kappa shape index (κ1) is 32.3. The van der Waals surface area contributed by atoms with Crippen LogP contribution in [0.5, 0.6) is 0 Å².